The van der Waals surface area contributed by atoms with Crippen molar-refractivity contribution in [1.82, 2.24) is 5.32 Å². The molecule has 158 valence electrons. The molecule has 0 aliphatic rings. The molecule has 0 heterocycles. The molecular weight excluding hydrogens is 450 g/mol. The van der Waals surface area contributed by atoms with Gasteiger partial charge in [-0.2, -0.15) is 0 Å². The second-order valence-corrected chi connectivity index (χ2v) is 6.06. The third-order valence-electron chi connectivity index (χ3n) is 3.31. The molecule has 0 saturated carbocycles. The molecule has 1 unspecified atom stereocenters. The van der Waals surface area contributed by atoms with Crippen LogP contribution in [0, 0.1) is 0 Å². The molecule has 1 rings (SSSR count). The van der Waals surface area contributed by atoms with Crippen LogP contribution in [-0.2, 0) is 20.0 Å². The van der Waals surface area contributed by atoms with Gasteiger partial charge >= 0.3 is 18.2 Å². The number of carbonyl (C=O) groups is 2. The number of alkyl carbamates (subject to hydrolysis) is 1. The first-order valence-corrected chi connectivity index (χ1v) is 8.23. The van der Waals surface area contributed by atoms with Gasteiger partial charge in [-0.1, -0.05) is 0 Å². The van der Waals surface area contributed by atoms with Gasteiger partial charge in [-0.25, -0.2) is 9.59 Å². The van der Waals surface area contributed by atoms with E-state index in [2.05, 4.69) is 30.1 Å². The van der Waals surface area contributed by atoms with Gasteiger partial charge in [0.05, 0.1) is 31.4 Å². The lowest BCUT2D eigenvalue weighted by molar-refractivity contribution is -0.375. The Bertz CT molecular complexity index is 722. The van der Waals surface area contributed by atoms with Crippen molar-refractivity contribution in [2.24, 2.45) is 0 Å². The fraction of sp³-hybridized carbons (Fsp3) is 0.467. The fourth-order valence-electron chi connectivity index (χ4n) is 1.94. The fourth-order valence-corrected chi connectivity index (χ4v) is 2.42. The molecule has 0 aliphatic heterocycles. The van der Waals surface area contributed by atoms with Crippen molar-refractivity contribution < 1.29 is 53.7 Å². The van der Waals surface area contributed by atoms with Crippen molar-refractivity contribution in [1.29, 1.82) is 0 Å². The minimum absolute atomic E-state index is 0.0988. The van der Waals surface area contributed by atoms with E-state index in [9.17, 15) is 30.0 Å². The number of ether oxygens (including phenoxy) is 5. The molecule has 0 spiro atoms. The third-order valence-corrected chi connectivity index (χ3v) is 3.93. The second kappa shape index (κ2) is 9.25. The van der Waals surface area contributed by atoms with E-state index in [1.54, 1.807) is 0 Å². The standard InChI is InChI=1S/C15H20BrNO11/c1-7(28-13(19)26-4)27-12(18)17-15(22,23)14(20,21)8-5-11(25-3)9(16)6-10(8)24-2/h5-7,20-23H,1-4H3,(H,17,18). The van der Waals surface area contributed by atoms with Crippen LogP contribution in [0.2, 0.25) is 0 Å². The lowest BCUT2D eigenvalue weighted by atomic mass is 10.0. The largest absolute Gasteiger partial charge is 0.511 e. The zero-order valence-corrected chi connectivity index (χ0v) is 16.8. The molecule has 1 atom stereocenters. The molecule has 0 radical (unpaired) electrons. The van der Waals surface area contributed by atoms with Gasteiger partial charge < -0.3 is 44.1 Å². The molecule has 0 saturated heterocycles. The lowest BCUT2D eigenvalue weighted by Crippen LogP contribution is -2.63. The molecule has 1 aromatic carbocycles. The van der Waals surface area contributed by atoms with Crippen LogP contribution in [0.5, 0.6) is 11.5 Å². The van der Waals surface area contributed by atoms with E-state index in [0.717, 1.165) is 20.1 Å². The molecule has 28 heavy (non-hydrogen) atoms. The predicted molar refractivity (Wildman–Crippen MR) is 93.1 cm³/mol. The van der Waals surface area contributed by atoms with E-state index < -0.39 is 35.8 Å². The Morgan fingerprint density at radius 3 is 2.11 bits per heavy atom. The van der Waals surface area contributed by atoms with Gasteiger partial charge in [0.25, 0.3) is 5.79 Å². The van der Waals surface area contributed by atoms with E-state index in [1.165, 1.54) is 25.6 Å². The summed E-state index contributed by atoms with van der Waals surface area (Å²) < 4.78 is 23.6. The number of nitrogens with one attached hydrogen (secondary N) is 1. The van der Waals surface area contributed by atoms with E-state index >= 15 is 0 Å². The third kappa shape index (κ3) is 5.36. The number of methoxy groups -OCH3 is 3. The zero-order valence-electron chi connectivity index (χ0n) is 15.3. The van der Waals surface area contributed by atoms with Crippen molar-refractivity contribution in [3.63, 3.8) is 0 Å². The highest BCUT2D eigenvalue weighted by Gasteiger charge is 2.53. The number of amides is 1. The van der Waals surface area contributed by atoms with Crippen molar-refractivity contribution in [3.8, 4) is 11.5 Å². The molecular formula is C15H20BrNO11. The quantitative estimate of drug-likeness (QED) is 0.270. The molecule has 0 fully saturated rings. The topological polar surface area (TPSA) is 173 Å². The van der Waals surface area contributed by atoms with Crippen LogP contribution >= 0.6 is 15.9 Å². The number of carbonyl (C=O) groups excluding carboxylic acids is 2. The summed E-state index contributed by atoms with van der Waals surface area (Å²) in [5.74, 6) is -7.23. The predicted octanol–water partition coefficient (Wildman–Crippen LogP) is 0.0973. The van der Waals surface area contributed by atoms with Gasteiger partial charge in [-0.05, 0) is 28.1 Å². The maximum absolute atomic E-state index is 11.8. The zero-order chi connectivity index (χ0) is 21.7. The van der Waals surface area contributed by atoms with Crippen molar-refractivity contribution in [2.45, 2.75) is 24.9 Å². The molecule has 0 aliphatic carbocycles. The summed E-state index contributed by atoms with van der Waals surface area (Å²) in [6.07, 6.45) is -4.21. The van der Waals surface area contributed by atoms with Crippen LogP contribution < -0.4 is 14.8 Å². The van der Waals surface area contributed by atoms with E-state index in [-0.39, 0.29) is 11.5 Å². The highest BCUT2D eigenvalue weighted by atomic mass is 79.9. The Labute approximate surface area is 167 Å². The number of aliphatic hydroxyl groups is 4. The molecule has 1 aromatic rings. The minimum Gasteiger partial charge on any atom is -0.496 e. The first kappa shape index (κ1) is 23.7. The monoisotopic (exact) mass is 469 g/mol. The number of halogens is 1. The molecule has 0 bridgehead atoms. The van der Waals surface area contributed by atoms with Crippen molar-refractivity contribution in [2.75, 3.05) is 21.3 Å². The smallest absolute Gasteiger partial charge is 0.496 e. The van der Waals surface area contributed by atoms with E-state index in [1.807, 2.05) is 0 Å². The summed E-state index contributed by atoms with van der Waals surface area (Å²) >= 11 is 3.16. The van der Waals surface area contributed by atoms with Gasteiger partial charge in [0.1, 0.15) is 11.5 Å². The van der Waals surface area contributed by atoms with Crippen molar-refractivity contribution in [3.05, 3.63) is 22.2 Å². The molecule has 12 nitrogen and oxygen atoms in total. The van der Waals surface area contributed by atoms with Crippen LogP contribution in [-0.4, -0.2) is 66.2 Å². The normalized spacial score (nSPS) is 12.6. The number of rotatable bonds is 7. The van der Waals surface area contributed by atoms with Gasteiger partial charge in [-0.3, -0.25) is 5.32 Å². The van der Waals surface area contributed by atoms with Gasteiger partial charge in [-0.15, -0.1) is 0 Å². The first-order valence-electron chi connectivity index (χ1n) is 7.44. The Hall–Kier alpha value is -2.32. The van der Waals surface area contributed by atoms with Crippen LogP contribution in [0.15, 0.2) is 16.6 Å². The summed E-state index contributed by atoms with van der Waals surface area (Å²) in [5, 5.41) is 42.2. The van der Waals surface area contributed by atoms with Crippen molar-refractivity contribution >= 4 is 28.2 Å². The highest BCUT2D eigenvalue weighted by Crippen LogP contribution is 2.40. The van der Waals surface area contributed by atoms with Gasteiger partial charge in [0.2, 0.25) is 6.29 Å². The number of benzene rings is 1. The number of hydrogen-bond acceptors (Lipinski definition) is 11. The van der Waals surface area contributed by atoms with Crippen LogP contribution in [0.1, 0.15) is 12.5 Å². The summed E-state index contributed by atoms with van der Waals surface area (Å²) in [6, 6.07) is 2.32. The van der Waals surface area contributed by atoms with Crippen LogP contribution in [0.25, 0.3) is 0 Å². The van der Waals surface area contributed by atoms with E-state index in [4.69, 9.17) is 9.47 Å². The Morgan fingerprint density at radius 2 is 1.61 bits per heavy atom. The van der Waals surface area contributed by atoms with Gasteiger partial charge in [0, 0.05) is 6.92 Å². The second-order valence-electron chi connectivity index (χ2n) is 5.20. The Morgan fingerprint density at radius 1 is 1.04 bits per heavy atom. The Kier molecular flexibility index (Phi) is 7.84. The minimum atomic E-state index is -3.67. The average Bonchev–Trinajstić information content (AvgIpc) is 2.59. The maximum Gasteiger partial charge on any atom is 0.511 e. The van der Waals surface area contributed by atoms with Crippen LogP contribution in [0.4, 0.5) is 9.59 Å². The summed E-state index contributed by atoms with van der Waals surface area (Å²) in [5.41, 5.74) is -0.556. The summed E-state index contributed by atoms with van der Waals surface area (Å²) in [4.78, 5) is 22.7. The first-order chi connectivity index (χ1) is 12.9. The summed E-state index contributed by atoms with van der Waals surface area (Å²) in [6.45, 7) is 1.13. The number of hydrogen-bond donors (Lipinski definition) is 5. The SMILES string of the molecule is COC(=O)OC(C)OC(=O)NC(O)(O)C(O)(O)c1cc(OC)c(Br)cc1OC. The molecule has 5 N–H and O–H groups in total. The van der Waals surface area contributed by atoms with Gasteiger partial charge in [0.15, 0.2) is 0 Å². The lowest BCUT2D eigenvalue weighted by Gasteiger charge is -2.35. The van der Waals surface area contributed by atoms with E-state index in [0.29, 0.717) is 4.47 Å². The molecule has 1 amide bonds. The summed E-state index contributed by atoms with van der Waals surface area (Å²) in [7, 11) is 3.50. The van der Waals surface area contributed by atoms with Crippen LogP contribution in [0.3, 0.4) is 0 Å². The molecule has 13 heteroatoms. The average molecular weight is 470 g/mol. The highest BCUT2D eigenvalue weighted by molar-refractivity contribution is 9.10. The maximum atomic E-state index is 11.8. The Balaban J connectivity index is 3.08. The molecule has 0 aromatic heterocycles.